The molecule has 1 aromatic carbocycles. The van der Waals surface area contributed by atoms with Crippen LogP contribution in [0.4, 0.5) is 5.69 Å². The van der Waals surface area contributed by atoms with Crippen LogP contribution >= 0.6 is 11.3 Å². The van der Waals surface area contributed by atoms with Gasteiger partial charge in [-0.25, -0.2) is 0 Å². The van der Waals surface area contributed by atoms with Gasteiger partial charge in [-0.05, 0) is 55.0 Å². The Morgan fingerprint density at radius 3 is 2.95 bits per heavy atom. The van der Waals surface area contributed by atoms with Gasteiger partial charge in [0.1, 0.15) is 0 Å². The van der Waals surface area contributed by atoms with Crippen LogP contribution in [0.5, 0.6) is 0 Å². The average Bonchev–Trinajstić information content (AvgIpc) is 3.02. The summed E-state index contributed by atoms with van der Waals surface area (Å²) in [6.45, 7) is 1.93. The second kappa shape index (κ2) is 5.38. The molecule has 1 amide bonds. The van der Waals surface area contributed by atoms with Crippen LogP contribution in [0.15, 0.2) is 24.3 Å². The first-order valence-corrected chi connectivity index (χ1v) is 7.62. The number of aliphatic hydroxyl groups is 1. The first-order valence-electron chi connectivity index (χ1n) is 6.80. The number of benzene rings is 1. The third-order valence-electron chi connectivity index (χ3n) is 3.70. The summed E-state index contributed by atoms with van der Waals surface area (Å²) in [7, 11) is 0. The standard InChI is InChI=1S/C16H17NO2S/c1-10-5-6-11(9-18)7-13(10)17-16(19)15-8-12-3-2-4-14(12)20-15/h5-8,18H,2-4,9H2,1H3,(H,17,19). The fourth-order valence-corrected chi connectivity index (χ4v) is 3.68. The average molecular weight is 287 g/mol. The molecule has 1 aromatic heterocycles. The Morgan fingerprint density at radius 1 is 1.35 bits per heavy atom. The van der Waals surface area contributed by atoms with Crippen LogP contribution in [-0.2, 0) is 19.4 Å². The summed E-state index contributed by atoms with van der Waals surface area (Å²) in [5, 5.41) is 12.1. The van der Waals surface area contributed by atoms with Crippen molar-refractivity contribution < 1.29 is 9.90 Å². The van der Waals surface area contributed by atoms with E-state index in [9.17, 15) is 9.90 Å². The highest BCUT2D eigenvalue weighted by Gasteiger charge is 2.18. The zero-order valence-corrected chi connectivity index (χ0v) is 12.2. The molecule has 1 aliphatic rings. The highest BCUT2D eigenvalue weighted by atomic mass is 32.1. The van der Waals surface area contributed by atoms with Gasteiger partial charge in [-0.15, -0.1) is 11.3 Å². The molecule has 0 fully saturated rings. The third kappa shape index (κ3) is 2.49. The monoisotopic (exact) mass is 287 g/mol. The van der Waals surface area contributed by atoms with Crippen molar-refractivity contribution in [1.29, 1.82) is 0 Å². The molecule has 4 heteroatoms. The fraction of sp³-hybridized carbons (Fsp3) is 0.312. The topological polar surface area (TPSA) is 49.3 Å². The van der Waals surface area contributed by atoms with E-state index in [-0.39, 0.29) is 12.5 Å². The second-order valence-electron chi connectivity index (χ2n) is 5.17. The molecule has 0 unspecified atom stereocenters. The minimum atomic E-state index is -0.0532. The number of amides is 1. The molecule has 0 aliphatic heterocycles. The van der Waals surface area contributed by atoms with Crippen LogP contribution in [0.2, 0.25) is 0 Å². The molecule has 2 aromatic rings. The van der Waals surface area contributed by atoms with Crippen molar-refractivity contribution in [2.45, 2.75) is 32.8 Å². The molecular formula is C16H17NO2S. The predicted octanol–water partition coefficient (Wildman–Crippen LogP) is 3.29. The van der Waals surface area contributed by atoms with E-state index in [1.807, 2.05) is 31.2 Å². The summed E-state index contributed by atoms with van der Waals surface area (Å²) in [4.78, 5) is 14.4. The van der Waals surface area contributed by atoms with E-state index in [1.165, 1.54) is 16.9 Å². The van der Waals surface area contributed by atoms with Crippen molar-refractivity contribution in [3.63, 3.8) is 0 Å². The maximum absolute atomic E-state index is 12.3. The summed E-state index contributed by atoms with van der Waals surface area (Å²) in [5.41, 5.74) is 3.91. The Kier molecular flexibility index (Phi) is 3.59. The summed E-state index contributed by atoms with van der Waals surface area (Å²) in [6.07, 6.45) is 3.41. The van der Waals surface area contributed by atoms with Gasteiger partial charge in [0.25, 0.3) is 5.91 Å². The third-order valence-corrected chi connectivity index (χ3v) is 4.94. The van der Waals surface area contributed by atoms with Gasteiger partial charge in [0.2, 0.25) is 0 Å². The van der Waals surface area contributed by atoms with Crippen LogP contribution in [0, 0.1) is 6.92 Å². The quantitative estimate of drug-likeness (QED) is 0.910. The Morgan fingerprint density at radius 2 is 2.20 bits per heavy atom. The van der Waals surface area contributed by atoms with Gasteiger partial charge in [-0.2, -0.15) is 0 Å². The Balaban J connectivity index is 1.81. The number of hydrogen-bond donors (Lipinski definition) is 2. The zero-order valence-electron chi connectivity index (χ0n) is 11.4. The lowest BCUT2D eigenvalue weighted by Crippen LogP contribution is -2.11. The van der Waals surface area contributed by atoms with Crippen molar-refractivity contribution in [2.75, 3.05) is 5.32 Å². The summed E-state index contributed by atoms with van der Waals surface area (Å²) >= 11 is 1.60. The molecule has 20 heavy (non-hydrogen) atoms. The van der Waals surface area contributed by atoms with Crippen LogP contribution < -0.4 is 5.32 Å². The molecule has 0 radical (unpaired) electrons. The number of hydrogen-bond acceptors (Lipinski definition) is 3. The normalized spacial score (nSPS) is 13.3. The van der Waals surface area contributed by atoms with Crippen LogP contribution in [-0.4, -0.2) is 11.0 Å². The van der Waals surface area contributed by atoms with Gasteiger partial charge in [-0.3, -0.25) is 4.79 Å². The molecule has 2 N–H and O–H groups in total. The fourth-order valence-electron chi connectivity index (χ4n) is 2.53. The molecule has 0 saturated heterocycles. The van der Waals surface area contributed by atoms with Crippen molar-refractivity contribution in [1.82, 2.24) is 0 Å². The van der Waals surface area contributed by atoms with Crippen molar-refractivity contribution in [2.24, 2.45) is 0 Å². The molecule has 0 atom stereocenters. The number of aryl methyl sites for hydroxylation is 3. The Labute approximate surface area is 122 Å². The molecule has 0 bridgehead atoms. The van der Waals surface area contributed by atoms with E-state index in [1.54, 1.807) is 11.3 Å². The number of rotatable bonds is 3. The first-order chi connectivity index (χ1) is 9.67. The molecule has 3 nitrogen and oxygen atoms in total. The molecule has 1 aliphatic carbocycles. The van der Waals surface area contributed by atoms with Crippen LogP contribution in [0.1, 0.15) is 37.7 Å². The number of carbonyl (C=O) groups excluding carboxylic acids is 1. The van der Waals surface area contributed by atoms with Gasteiger partial charge in [0.15, 0.2) is 0 Å². The molecule has 1 heterocycles. The van der Waals surface area contributed by atoms with Crippen molar-refractivity contribution >= 4 is 22.9 Å². The minimum Gasteiger partial charge on any atom is -0.392 e. The predicted molar refractivity (Wildman–Crippen MR) is 81.4 cm³/mol. The van der Waals surface area contributed by atoms with E-state index in [0.717, 1.165) is 34.5 Å². The second-order valence-corrected chi connectivity index (χ2v) is 6.31. The van der Waals surface area contributed by atoms with E-state index >= 15 is 0 Å². The first kappa shape index (κ1) is 13.3. The highest BCUT2D eigenvalue weighted by molar-refractivity contribution is 7.14. The Hall–Kier alpha value is -1.65. The van der Waals surface area contributed by atoms with Gasteiger partial charge >= 0.3 is 0 Å². The molecular weight excluding hydrogens is 270 g/mol. The summed E-state index contributed by atoms with van der Waals surface area (Å²) in [6, 6.07) is 7.63. The van der Waals surface area contributed by atoms with Crippen molar-refractivity contribution in [3.05, 3.63) is 50.7 Å². The van der Waals surface area contributed by atoms with E-state index in [4.69, 9.17) is 0 Å². The lowest BCUT2D eigenvalue weighted by atomic mass is 10.1. The molecule has 3 rings (SSSR count). The number of nitrogens with one attached hydrogen (secondary N) is 1. The maximum atomic E-state index is 12.3. The van der Waals surface area contributed by atoms with E-state index in [0.29, 0.717) is 0 Å². The van der Waals surface area contributed by atoms with Gasteiger partial charge in [0, 0.05) is 10.6 Å². The zero-order chi connectivity index (χ0) is 14.1. The number of anilines is 1. The molecule has 0 saturated carbocycles. The SMILES string of the molecule is Cc1ccc(CO)cc1NC(=O)c1cc2c(s1)CCC2. The van der Waals surface area contributed by atoms with Gasteiger partial charge < -0.3 is 10.4 Å². The van der Waals surface area contributed by atoms with Crippen LogP contribution in [0.25, 0.3) is 0 Å². The lowest BCUT2D eigenvalue weighted by molar-refractivity contribution is 0.103. The van der Waals surface area contributed by atoms with Crippen molar-refractivity contribution in [3.8, 4) is 0 Å². The molecule has 0 spiro atoms. The number of carbonyl (C=O) groups is 1. The van der Waals surface area contributed by atoms with Gasteiger partial charge in [0.05, 0.1) is 11.5 Å². The van der Waals surface area contributed by atoms with E-state index in [2.05, 4.69) is 5.32 Å². The number of aliphatic hydroxyl groups excluding tert-OH is 1. The summed E-state index contributed by atoms with van der Waals surface area (Å²) in [5.74, 6) is -0.0532. The summed E-state index contributed by atoms with van der Waals surface area (Å²) < 4.78 is 0. The number of fused-ring (bicyclic) bond motifs is 1. The molecule has 104 valence electrons. The Bertz CT molecular complexity index is 639. The van der Waals surface area contributed by atoms with Crippen LogP contribution in [0.3, 0.4) is 0 Å². The highest BCUT2D eigenvalue weighted by Crippen LogP contribution is 2.31. The van der Waals surface area contributed by atoms with Gasteiger partial charge in [-0.1, -0.05) is 12.1 Å². The number of thiophene rings is 1. The minimum absolute atomic E-state index is 0.0174. The maximum Gasteiger partial charge on any atom is 0.265 e. The largest absolute Gasteiger partial charge is 0.392 e. The lowest BCUT2D eigenvalue weighted by Gasteiger charge is -2.09. The van der Waals surface area contributed by atoms with E-state index < -0.39 is 0 Å². The smallest absolute Gasteiger partial charge is 0.265 e.